The molecule has 7 heteroatoms. The first-order chi connectivity index (χ1) is 6.99. The monoisotopic (exact) mass is 221 g/mol. The molecular formula is C8H6F3NO3. The zero-order valence-electron chi connectivity index (χ0n) is 7.50. The minimum absolute atomic E-state index is 0.478. The lowest BCUT2D eigenvalue weighted by molar-refractivity contribution is 0.0678. The molecule has 15 heavy (non-hydrogen) atoms. The van der Waals surface area contributed by atoms with Gasteiger partial charge in [0.1, 0.15) is 5.56 Å². The zero-order valence-corrected chi connectivity index (χ0v) is 7.50. The first-order valence-electron chi connectivity index (χ1n) is 3.72. The van der Waals surface area contributed by atoms with Crippen molar-refractivity contribution in [2.45, 2.75) is 6.43 Å². The number of ether oxygens (including phenoxy) is 1. The Morgan fingerprint density at radius 3 is 2.60 bits per heavy atom. The standard InChI is InChI=1S/C8H6F3NO3/c1-15-5-4(8(13)14)3(6(9)10)2-12-7(5)11/h2,6H,1H3,(H,13,14). The predicted octanol–water partition coefficient (Wildman–Crippen LogP) is 1.87. The van der Waals surface area contributed by atoms with E-state index in [1.54, 1.807) is 0 Å². The van der Waals surface area contributed by atoms with Crippen LogP contribution in [0.15, 0.2) is 6.20 Å². The lowest BCUT2D eigenvalue weighted by Crippen LogP contribution is -2.09. The number of carboxylic acids is 1. The van der Waals surface area contributed by atoms with Crippen LogP contribution in [-0.2, 0) is 0 Å². The van der Waals surface area contributed by atoms with Crippen LogP contribution in [0.4, 0.5) is 13.2 Å². The van der Waals surface area contributed by atoms with Crippen LogP contribution in [0.1, 0.15) is 22.3 Å². The minimum Gasteiger partial charge on any atom is -0.491 e. The van der Waals surface area contributed by atoms with E-state index in [-0.39, 0.29) is 0 Å². The third kappa shape index (κ3) is 2.00. The molecular weight excluding hydrogens is 215 g/mol. The van der Waals surface area contributed by atoms with Crippen molar-refractivity contribution < 1.29 is 27.8 Å². The van der Waals surface area contributed by atoms with Gasteiger partial charge in [0.2, 0.25) is 0 Å². The maximum atomic E-state index is 12.9. The van der Waals surface area contributed by atoms with Crippen molar-refractivity contribution in [2.75, 3.05) is 7.11 Å². The quantitative estimate of drug-likeness (QED) is 0.791. The molecule has 0 fully saturated rings. The van der Waals surface area contributed by atoms with E-state index in [2.05, 4.69) is 9.72 Å². The van der Waals surface area contributed by atoms with Gasteiger partial charge in [0, 0.05) is 6.20 Å². The summed E-state index contributed by atoms with van der Waals surface area (Å²) in [6, 6.07) is 0. The number of halogens is 3. The van der Waals surface area contributed by atoms with Crippen molar-refractivity contribution in [3.63, 3.8) is 0 Å². The first kappa shape index (κ1) is 11.3. The minimum atomic E-state index is -3.06. The van der Waals surface area contributed by atoms with Gasteiger partial charge in [0.05, 0.1) is 12.7 Å². The van der Waals surface area contributed by atoms with Gasteiger partial charge in [-0.3, -0.25) is 0 Å². The molecule has 0 bridgehead atoms. The third-order valence-corrected chi connectivity index (χ3v) is 1.67. The smallest absolute Gasteiger partial charge is 0.340 e. The van der Waals surface area contributed by atoms with E-state index >= 15 is 0 Å². The number of alkyl halides is 2. The van der Waals surface area contributed by atoms with E-state index in [4.69, 9.17) is 5.11 Å². The Kier molecular flexibility index (Phi) is 3.13. The second-order valence-electron chi connectivity index (χ2n) is 2.52. The number of hydrogen-bond acceptors (Lipinski definition) is 3. The summed E-state index contributed by atoms with van der Waals surface area (Å²) in [7, 11) is 0.974. The number of carbonyl (C=O) groups is 1. The van der Waals surface area contributed by atoms with E-state index in [1.807, 2.05) is 0 Å². The SMILES string of the molecule is COc1c(F)ncc(C(F)F)c1C(=O)O. The van der Waals surface area contributed by atoms with Crippen LogP contribution in [0.5, 0.6) is 5.75 Å². The van der Waals surface area contributed by atoms with Gasteiger partial charge in [-0.1, -0.05) is 0 Å². The molecule has 0 saturated carbocycles. The third-order valence-electron chi connectivity index (χ3n) is 1.67. The Labute approximate surface area is 82.3 Å². The highest BCUT2D eigenvalue weighted by atomic mass is 19.3. The molecule has 0 aromatic carbocycles. The largest absolute Gasteiger partial charge is 0.491 e. The molecule has 0 unspecified atom stereocenters. The van der Waals surface area contributed by atoms with Gasteiger partial charge >= 0.3 is 5.97 Å². The van der Waals surface area contributed by atoms with E-state index in [0.29, 0.717) is 6.20 Å². The lowest BCUT2D eigenvalue weighted by Gasteiger charge is -2.09. The van der Waals surface area contributed by atoms with Crippen LogP contribution in [0, 0.1) is 5.95 Å². The number of hydrogen-bond donors (Lipinski definition) is 1. The fraction of sp³-hybridized carbons (Fsp3) is 0.250. The summed E-state index contributed by atoms with van der Waals surface area (Å²) in [6.45, 7) is 0. The number of pyridine rings is 1. The molecule has 1 rings (SSSR count). The van der Waals surface area contributed by atoms with Gasteiger partial charge in [-0.25, -0.2) is 18.6 Å². The first-order valence-corrected chi connectivity index (χ1v) is 3.72. The summed E-state index contributed by atoms with van der Waals surface area (Å²) < 4.78 is 42.0. The maximum absolute atomic E-state index is 12.9. The van der Waals surface area contributed by atoms with E-state index in [9.17, 15) is 18.0 Å². The highest BCUT2D eigenvalue weighted by Gasteiger charge is 2.26. The predicted molar refractivity (Wildman–Crippen MR) is 42.7 cm³/mol. The summed E-state index contributed by atoms with van der Waals surface area (Å²) in [5.41, 5.74) is -1.78. The van der Waals surface area contributed by atoms with Crippen molar-refractivity contribution >= 4 is 5.97 Å². The highest BCUT2D eigenvalue weighted by molar-refractivity contribution is 5.92. The molecule has 1 aromatic rings. The van der Waals surface area contributed by atoms with Gasteiger partial charge in [-0.05, 0) is 0 Å². The van der Waals surface area contributed by atoms with Crippen molar-refractivity contribution in [1.29, 1.82) is 0 Å². The average Bonchev–Trinajstić information content (AvgIpc) is 2.16. The van der Waals surface area contributed by atoms with Gasteiger partial charge < -0.3 is 9.84 Å². The molecule has 82 valence electrons. The normalized spacial score (nSPS) is 10.5. The molecule has 1 aromatic heterocycles. The molecule has 0 radical (unpaired) electrons. The van der Waals surface area contributed by atoms with Gasteiger partial charge in [0.25, 0.3) is 12.4 Å². The Morgan fingerprint density at radius 1 is 1.60 bits per heavy atom. The molecule has 0 aliphatic carbocycles. The van der Waals surface area contributed by atoms with Crippen LogP contribution in [0.2, 0.25) is 0 Å². The zero-order chi connectivity index (χ0) is 11.6. The number of aromatic carboxylic acids is 1. The number of nitrogens with zero attached hydrogens (tertiary/aromatic N) is 1. The summed E-state index contributed by atoms with van der Waals surface area (Å²) in [5, 5.41) is 8.64. The number of aromatic nitrogens is 1. The fourth-order valence-electron chi connectivity index (χ4n) is 1.06. The molecule has 1 N–H and O–H groups in total. The summed E-state index contributed by atoms with van der Waals surface area (Å²) in [6.07, 6.45) is -2.58. The molecule has 0 atom stereocenters. The topological polar surface area (TPSA) is 59.4 Å². The summed E-state index contributed by atoms with van der Waals surface area (Å²) in [5.74, 6) is -3.72. The van der Waals surface area contributed by atoms with Crippen molar-refractivity contribution in [2.24, 2.45) is 0 Å². The summed E-state index contributed by atoms with van der Waals surface area (Å²) in [4.78, 5) is 13.6. The van der Waals surface area contributed by atoms with Crippen LogP contribution < -0.4 is 4.74 Å². The Hall–Kier alpha value is -1.79. The second-order valence-corrected chi connectivity index (χ2v) is 2.52. The number of methoxy groups -OCH3 is 1. The molecule has 0 aliphatic rings. The fourth-order valence-corrected chi connectivity index (χ4v) is 1.06. The number of carboxylic acid groups (broad SMARTS) is 1. The Balaban J connectivity index is 3.49. The van der Waals surface area contributed by atoms with Crippen molar-refractivity contribution in [3.8, 4) is 5.75 Å². The Morgan fingerprint density at radius 2 is 2.20 bits per heavy atom. The molecule has 1 heterocycles. The summed E-state index contributed by atoms with van der Waals surface area (Å²) >= 11 is 0. The van der Waals surface area contributed by atoms with Crippen LogP contribution in [0.3, 0.4) is 0 Å². The second kappa shape index (κ2) is 4.16. The van der Waals surface area contributed by atoms with Crippen molar-refractivity contribution in [3.05, 3.63) is 23.3 Å². The average molecular weight is 221 g/mol. The highest BCUT2D eigenvalue weighted by Crippen LogP contribution is 2.30. The maximum Gasteiger partial charge on any atom is 0.340 e. The Bertz CT molecular complexity index is 395. The number of rotatable bonds is 3. The molecule has 4 nitrogen and oxygen atoms in total. The van der Waals surface area contributed by atoms with Crippen molar-refractivity contribution in [1.82, 2.24) is 4.98 Å². The van der Waals surface area contributed by atoms with Crippen LogP contribution in [-0.4, -0.2) is 23.2 Å². The molecule has 0 aliphatic heterocycles. The van der Waals surface area contributed by atoms with E-state index in [0.717, 1.165) is 7.11 Å². The molecule has 0 amide bonds. The van der Waals surface area contributed by atoms with Gasteiger partial charge in [-0.15, -0.1) is 0 Å². The van der Waals surface area contributed by atoms with Gasteiger partial charge in [0.15, 0.2) is 5.75 Å². The molecule has 0 saturated heterocycles. The van der Waals surface area contributed by atoms with Crippen LogP contribution >= 0.6 is 0 Å². The van der Waals surface area contributed by atoms with Gasteiger partial charge in [-0.2, -0.15) is 4.39 Å². The van der Waals surface area contributed by atoms with Crippen LogP contribution in [0.25, 0.3) is 0 Å². The van der Waals surface area contributed by atoms with E-state index in [1.165, 1.54) is 0 Å². The molecule has 0 spiro atoms. The lowest BCUT2D eigenvalue weighted by atomic mass is 10.1. The van der Waals surface area contributed by atoms with E-state index < -0.39 is 35.2 Å².